The molecule has 0 saturated carbocycles. The smallest absolute Gasteiger partial charge is 0.0743 e. The van der Waals surface area contributed by atoms with Crippen molar-refractivity contribution in [1.29, 1.82) is 0 Å². The quantitative estimate of drug-likeness (QED) is 0.704. The molecule has 0 radical (unpaired) electrons. The van der Waals surface area contributed by atoms with Crippen LogP contribution in [0.1, 0.15) is 39.5 Å². The summed E-state index contributed by atoms with van der Waals surface area (Å²) in [6.07, 6.45) is 4.04. The molecule has 14 heavy (non-hydrogen) atoms. The van der Waals surface area contributed by atoms with Gasteiger partial charge in [0.05, 0.1) is 5.60 Å². The van der Waals surface area contributed by atoms with Crippen LogP contribution in [0.25, 0.3) is 0 Å². The van der Waals surface area contributed by atoms with Crippen molar-refractivity contribution < 1.29 is 9.84 Å². The van der Waals surface area contributed by atoms with Gasteiger partial charge in [0.25, 0.3) is 0 Å². The molecule has 84 valence electrons. The van der Waals surface area contributed by atoms with Crippen molar-refractivity contribution >= 4 is 0 Å². The van der Waals surface area contributed by atoms with E-state index in [9.17, 15) is 5.11 Å². The molecule has 1 atom stereocenters. The van der Waals surface area contributed by atoms with Gasteiger partial charge in [0.15, 0.2) is 0 Å². The Morgan fingerprint density at radius 3 is 2.64 bits per heavy atom. The Morgan fingerprint density at radius 1 is 1.43 bits per heavy atom. The summed E-state index contributed by atoms with van der Waals surface area (Å²) in [4.78, 5) is 0. The van der Waals surface area contributed by atoms with Gasteiger partial charge in [-0.15, -0.1) is 0 Å². The highest BCUT2D eigenvalue weighted by molar-refractivity contribution is 4.79. The molecule has 3 heteroatoms. The lowest BCUT2D eigenvalue weighted by molar-refractivity contribution is 0.0341. The number of aliphatic hydroxyl groups is 1. The van der Waals surface area contributed by atoms with Crippen LogP contribution in [0.15, 0.2) is 0 Å². The molecular weight excluding hydrogens is 178 g/mol. The average molecular weight is 201 g/mol. The van der Waals surface area contributed by atoms with E-state index in [0.717, 1.165) is 38.9 Å². The molecule has 1 rings (SSSR count). The SMILES string of the molecule is CCCC(C)(O)CNC1CCOCC1. The average Bonchev–Trinajstić information content (AvgIpc) is 2.17. The first-order valence-electron chi connectivity index (χ1n) is 5.67. The lowest BCUT2D eigenvalue weighted by Crippen LogP contribution is -2.44. The van der Waals surface area contributed by atoms with Crippen LogP contribution in [0.5, 0.6) is 0 Å². The van der Waals surface area contributed by atoms with Crippen LogP contribution in [-0.4, -0.2) is 36.5 Å². The first-order chi connectivity index (χ1) is 6.64. The van der Waals surface area contributed by atoms with Gasteiger partial charge in [-0.2, -0.15) is 0 Å². The fourth-order valence-electron chi connectivity index (χ4n) is 1.89. The Balaban J connectivity index is 2.17. The standard InChI is InChI=1S/C11H23NO2/c1-3-6-11(2,13)9-12-10-4-7-14-8-5-10/h10,12-13H,3-9H2,1-2H3. The van der Waals surface area contributed by atoms with Gasteiger partial charge in [0.2, 0.25) is 0 Å². The molecule has 1 aliphatic rings. The summed E-state index contributed by atoms with van der Waals surface area (Å²) in [6.45, 7) is 6.42. The normalized spacial score (nSPS) is 23.4. The molecule has 1 heterocycles. The second-order valence-electron chi connectivity index (χ2n) is 4.51. The lowest BCUT2D eigenvalue weighted by Gasteiger charge is -2.29. The maximum Gasteiger partial charge on any atom is 0.0743 e. The molecule has 0 aliphatic carbocycles. The Hall–Kier alpha value is -0.120. The van der Waals surface area contributed by atoms with Crippen LogP contribution < -0.4 is 5.32 Å². The summed E-state index contributed by atoms with van der Waals surface area (Å²) in [6, 6.07) is 0.534. The van der Waals surface area contributed by atoms with E-state index in [2.05, 4.69) is 12.2 Å². The summed E-state index contributed by atoms with van der Waals surface area (Å²) in [5.74, 6) is 0. The molecule has 0 aromatic carbocycles. The topological polar surface area (TPSA) is 41.5 Å². The monoisotopic (exact) mass is 201 g/mol. The highest BCUT2D eigenvalue weighted by atomic mass is 16.5. The van der Waals surface area contributed by atoms with Crippen molar-refractivity contribution in [1.82, 2.24) is 5.32 Å². The van der Waals surface area contributed by atoms with Gasteiger partial charge >= 0.3 is 0 Å². The Morgan fingerprint density at radius 2 is 2.07 bits per heavy atom. The molecule has 0 bridgehead atoms. The van der Waals surface area contributed by atoms with Crippen LogP contribution in [0.3, 0.4) is 0 Å². The van der Waals surface area contributed by atoms with Gasteiger partial charge < -0.3 is 15.2 Å². The number of hydrogen-bond acceptors (Lipinski definition) is 3. The van der Waals surface area contributed by atoms with Crippen molar-refractivity contribution in [2.45, 2.75) is 51.2 Å². The van der Waals surface area contributed by atoms with Crippen molar-refractivity contribution in [2.75, 3.05) is 19.8 Å². The summed E-state index contributed by atoms with van der Waals surface area (Å²) >= 11 is 0. The van der Waals surface area contributed by atoms with E-state index >= 15 is 0 Å². The van der Waals surface area contributed by atoms with Crippen molar-refractivity contribution in [3.8, 4) is 0 Å². The highest BCUT2D eigenvalue weighted by Gasteiger charge is 2.21. The predicted octanol–water partition coefficient (Wildman–Crippen LogP) is 1.31. The first kappa shape index (κ1) is 12.0. The summed E-state index contributed by atoms with van der Waals surface area (Å²) in [5.41, 5.74) is -0.549. The van der Waals surface area contributed by atoms with E-state index in [0.29, 0.717) is 12.6 Å². The second-order valence-corrected chi connectivity index (χ2v) is 4.51. The molecule has 1 saturated heterocycles. The minimum absolute atomic E-state index is 0.534. The van der Waals surface area contributed by atoms with Crippen molar-refractivity contribution in [3.63, 3.8) is 0 Å². The highest BCUT2D eigenvalue weighted by Crippen LogP contribution is 2.12. The van der Waals surface area contributed by atoms with Crippen LogP contribution in [-0.2, 0) is 4.74 Å². The number of rotatable bonds is 5. The van der Waals surface area contributed by atoms with Crippen molar-refractivity contribution in [2.24, 2.45) is 0 Å². The first-order valence-corrected chi connectivity index (χ1v) is 5.67. The van der Waals surface area contributed by atoms with E-state index in [1.807, 2.05) is 6.92 Å². The zero-order valence-corrected chi connectivity index (χ0v) is 9.38. The molecule has 0 aromatic rings. The van der Waals surface area contributed by atoms with E-state index in [1.54, 1.807) is 0 Å². The fraction of sp³-hybridized carbons (Fsp3) is 1.00. The van der Waals surface area contributed by atoms with E-state index < -0.39 is 5.60 Å². The number of ether oxygens (including phenoxy) is 1. The Labute approximate surface area is 86.8 Å². The summed E-state index contributed by atoms with van der Waals surface area (Å²) in [5, 5.41) is 13.4. The Bertz CT molecular complexity index is 153. The minimum Gasteiger partial charge on any atom is -0.389 e. The molecule has 1 aliphatic heterocycles. The predicted molar refractivity (Wildman–Crippen MR) is 57.4 cm³/mol. The molecule has 1 fully saturated rings. The zero-order valence-electron chi connectivity index (χ0n) is 9.38. The third-order valence-electron chi connectivity index (χ3n) is 2.78. The molecule has 0 spiro atoms. The maximum absolute atomic E-state index is 9.95. The van der Waals surface area contributed by atoms with E-state index in [1.165, 1.54) is 0 Å². The molecule has 0 aromatic heterocycles. The van der Waals surface area contributed by atoms with Gasteiger partial charge in [-0.25, -0.2) is 0 Å². The van der Waals surface area contributed by atoms with Crippen LogP contribution in [0.4, 0.5) is 0 Å². The van der Waals surface area contributed by atoms with Gasteiger partial charge in [-0.1, -0.05) is 13.3 Å². The fourth-order valence-corrected chi connectivity index (χ4v) is 1.89. The third kappa shape index (κ3) is 4.40. The molecule has 0 amide bonds. The van der Waals surface area contributed by atoms with Gasteiger partial charge in [0, 0.05) is 25.8 Å². The number of nitrogens with one attached hydrogen (secondary N) is 1. The van der Waals surface area contributed by atoms with Crippen LogP contribution in [0, 0.1) is 0 Å². The van der Waals surface area contributed by atoms with Crippen LogP contribution >= 0.6 is 0 Å². The minimum atomic E-state index is -0.549. The van der Waals surface area contributed by atoms with Gasteiger partial charge in [-0.3, -0.25) is 0 Å². The Kier molecular flexibility index (Phi) is 4.85. The molecule has 3 nitrogen and oxygen atoms in total. The van der Waals surface area contributed by atoms with E-state index in [-0.39, 0.29) is 0 Å². The zero-order chi connectivity index (χ0) is 10.4. The second kappa shape index (κ2) is 5.69. The summed E-state index contributed by atoms with van der Waals surface area (Å²) < 4.78 is 5.28. The lowest BCUT2D eigenvalue weighted by atomic mass is 9.99. The number of hydrogen-bond donors (Lipinski definition) is 2. The summed E-state index contributed by atoms with van der Waals surface area (Å²) in [7, 11) is 0. The van der Waals surface area contributed by atoms with Crippen molar-refractivity contribution in [3.05, 3.63) is 0 Å². The van der Waals surface area contributed by atoms with Gasteiger partial charge in [-0.05, 0) is 26.2 Å². The van der Waals surface area contributed by atoms with E-state index in [4.69, 9.17) is 4.74 Å². The molecule has 2 N–H and O–H groups in total. The van der Waals surface area contributed by atoms with Crippen LogP contribution in [0.2, 0.25) is 0 Å². The largest absolute Gasteiger partial charge is 0.389 e. The molecular formula is C11H23NO2. The van der Waals surface area contributed by atoms with Gasteiger partial charge in [0.1, 0.15) is 0 Å². The third-order valence-corrected chi connectivity index (χ3v) is 2.78. The molecule has 1 unspecified atom stereocenters. The maximum atomic E-state index is 9.95.